The Morgan fingerprint density at radius 1 is 1.25 bits per heavy atom. The summed E-state index contributed by atoms with van der Waals surface area (Å²) in [6.45, 7) is 3.97. The van der Waals surface area contributed by atoms with Crippen LogP contribution in [0.3, 0.4) is 0 Å². The molecule has 0 amide bonds. The van der Waals surface area contributed by atoms with Gasteiger partial charge in [-0.2, -0.15) is 0 Å². The van der Waals surface area contributed by atoms with E-state index in [0.29, 0.717) is 0 Å². The minimum atomic E-state index is 1.05. The lowest BCUT2D eigenvalue weighted by Crippen LogP contribution is -1.91. The van der Waals surface area contributed by atoms with E-state index in [4.69, 9.17) is 0 Å². The molecular formula is C11H13N. The van der Waals surface area contributed by atoms with Crippen LogP contribution in [-0.2, 0) is 0 Å². The zero-order valence-corrected chi connectivity index (χ0v) is 7.49. The molecule has 0 saturated heterocycles. The minimum absolute atomic E-state index is 1.05. The zero-order valence-electron chi connectivity index (χ0n) is 7.49. The van der Waals surface area contributed by atoms with E-state index in [9.17, 15) is 0 Å². The van der Waals surface area contributed by atoms with Gasteiger partial charge in [0.2, 0.25) is 0 Å². The van der Waals surface area contributed by atoms with E-state index in [1.54, 1.807) is 0 Å². The van der Waals surface area contributed by atoms with Gasteiger partial charge in [-0.1, -0.05) is 36.4 Å². The van der Waals surface area contributed by atoms with Gasteiger partial charge in [-0.3, -0.25) is 4.99 Å². The van der Waals surface area contributed by atoms with Crippen molar-refractivity contribution in [2.75, 3.05) is 0 Å². The third-order valence-electron chi connectivity index (χ3n) is 1.61. The Bertz CT molecular complexity index is 283. The highest BCUT2D eigenvalue weighted by atomic mass is 14.7. The van der Waals surface area contributed by atoms with Crippen LogP contribution >= 0.6 is 0 Å². The van der Waals surface area contributed by atoms with Crippen molar-refractivity contribution in [3.63, 3.8) is 0 Å². The molecule has 0 aliphatic heterocycles. The van der Waals surface area contributed by atoms with E-state index in [1.807, 2.05) is 44.3 Å². The van der Waals surface area contributed by atoms with Gasteiger partial charge in [-0.25, -0.2) is 0 Å². The predicted octanol–water partition coefficient (Wildman–Crippen LogP) is 3.03. The zero-order chi connectivity index (χ0) is 8.81. The summed E-state index contributed by atoms with van der Waals surface area (Å²) < 4.78 is 0. The van der Waals surface area contributed by atoms with Crippen molar-refractivity contribution in [3.05, 3.63) is 48.2 Å². The molecule has 0 heterocycles. The lowest BCUT2D eigenvalue weighted by atomic mass is 10.1. The summed E-state index contributed by atoms with van der Waals surface area (Å²) in [5.74, 6) is 0. The molecule has 62 valence electrons. The van der Waals surface area contributed by atoms with Crippen molar-refractivity contribution >= 4 is 5.71 Å². The Labute approximate surface area is 73.5 Å². The summed E-state index contributed by atoms with van der Waals surface area (Å²) in [6, 6.07) is 10.2. The Balaban J connectivity index is 2.85. The van der Waals surface area contributed by atoms with E-state index in [1.165, 1.54) is 5.56 Å². The maximum atomic E-state index is 4.25. The Hall–Kier alpha value is -1.37. The average Bonchev–Trinajstić information content (AvgIpc) is 2.15. The molecule has 1 nitrogen and oxygen atoms in total. The fourth-order valence-corrected chi connectivity index (χ4v) is 0.940. The minimum Gasteiger partial charge on any atom is -0.261 e. The highest BCUT2D eigenvalue weighted by Crippen LogP contribution is 2.00. The van der Waals surface area contributed by atoms with Crippen LogP contribution in [0, 0.1) is 0 Å². The standard InChI is InChI=1S/C11H13N/c1-3-9-12-10(2)11-7-5-4-6-8-11/h3-9H,1-2H3/b9-3+,12-10?. The summed E-state index contributed by atoms with van der Waals surface area (Å²) in [5.41, 5.74) is 2.23. The summed E-state index contributed by atoms with van der Waals surface area (Å²) in [4.78, 5) is 4.25. The average molecular weight is 159 g/mol. The third-order valence-corrected chi connectivity index (χ3v) is 1.61. The van der Waals surface area contributed by atoms with Crippen LogP contribution in [0.1, 0.15) is 19.4 Å². The summed E-state index contributed by atoms with van der Waals surface area (Å²) in [6.07, 6.45) is 3.73. The molecule has 0 aromatic heterocycles. The maximum Gasteiger partial charge on any atom is 0.0444 e. The number of benzene rings is 1. The number of nitrogens with zero attached hydrogens (tertiary/aromatic N) is 1. The van der Waals surface area contributed by atoms with Gasteiger partial charge < -0.3 is 0 Å². The van der Waals surface area contributed by atoms with Crippen LogP contribution < -0.4 is 0 Å². The van der Waals surface area contributed by atoms with E-state index >= 15 is 0 Å². The highest BCUT2D eigenvalue weighted by molar-refractivity contribution is 5.98. The van der Waals surface area contributed by atoms with Crippen LogP contribution in [0.5, 0.6) is 0 Å². The van der Waals surface area contributed by atoms with Gasteiger partial charge >= 0.3 is 0 Å². The highest BCUT2D eigenvalue weighted by Gasteiger charge is 1.91. The molecule has 0 bridgehead atoms. The van der Waals surface area contributed by atoms with Crippen molar-refractivity contribution in [1.29, 1.82) is 0 Å². The van der Waals surface area contributed by atoms with E-state index in [2.05, 4.69) is 17.1 Å². The molecule has 0 aliphatic rings. The third kappa shape index (κ3) is 2.35. The van der Waals surface area contributed by atoms with Crippen LogP contribution in [-0.4, -0.2) is 5.71 Å². The van der Waals surface area contributed by atoms with Crippen molar-refractivity contribution in [3.8, 4) is 0 Å². The summed E-state index contributed by atoms with van der Waals surface area (Å²) >= 11 is 0. The van der Waals surface area contributed by atoms with Crippen LogP contribution in [0.15, 0.2) is 47.6 Å². The first kappa shape index (κ1) is 8.72. The molecule has 0 radical (unpaired) electrons. The fourth-order valence-electron chi connectivity index (χ4n) is 0.940. The fraction of sp³-hybridized carbons (Fsp3) is 0.182. The molecule has 0 spiro atoms. The molecular weight excluding hydrogens is 146 g/mol. The van der Waals surface area contributed by atoms with Gasteiger partial charge in [-0.15, -0.1) is 0 Å². The second-order valence-corrected chi connectivity index (χ2v) is 2.56. The molecule has 1 aromatic rings. The van der Waals surface area contributed by atoms with E-state index in [0.717, 1.165) is 5.71 Å². The van der Waals surface area contributed by atoms with E-state index in [-0.39, 0.29) is 0 Å². The van der Waals surface area contributed by atoms with Crippen LogP contribution in [0.4, 0.5) is 0 Å². The first-order chi connectivity index (χ1) is 5.84. The van der Waals surface area contributed by atoms with Crippen molar-refractivity contribution in [2.24, 2.45) is 4.99 Å². The molecule has 0 unspecified atom stereocenters. The summed E-state index contributed by atoms with van der Waals surface area (Å²) in [5, 5.41) is 0. The molecule has 0 saturated carbocycles. The molecule has 0 fully saturated rings. The van der Waals surface area contributed by atoms with Crippen LogP contribution in [0.25, 0.3) is 0 Å². The number of hydrogen-bond donors (Lipinski definition) is 0. The van der Waals surface area contributed by atoms with E-state index < -0.39 is 0 Å². The Morgan fingerprint density at radius 2 is 1.92 bits per heavy atom. The van der Waals surface area contributed by atoms with Crippen molar-refractivity contribution in [2.45, 2.75) is 13.8 Å². The second-order valence-electron chi connectivity index (χ2n) is 2.56. The topological polar surface area (TPSA) is 12.4 Å². The molecule has 12 heavy (non-hydrogen) atoms. The summed E-state index contributed by atoms with van der Waals surface area (Å²) in [7, 11) is 0. The first-order valence-electron chi connectivity index (χ1n) is 4.05. The van der Waals surface area contributed by atoms with Crippen LogP contribution in [0.2, 0.25) is 0 Å². The monoisotopic (exact) mass is 159 g/mol. The molecule has 1 heteroatoms. The number of aliphatic imine (C=N–C) groups is 1. The lowest BCUT2D eigenvalue weighted by Gasteiger charge is -1.96. The quantitative estimate of drug-likeness (QED) is 0.588. The molecule has 0 N–H and O–H groups in total. The smallest absolute Gasteiger partial charge is 0.0444 e. The second kappa shape index (κ2) is 4.50. The Kier molecular flexibility index (Phi) is 3.27. The van der Waals surface area contributed by atoms with Gasteiger partial charge in [-0.05, 0) is 19.4 Å². The maximum absolute atomic E-state index is 4.25. The lowest BCUT2D eigenvalue weighted by molar-refractivity contribution is 1.47. The Morgan fingerprint density at radius 3 is 2.50 bits per heavy atom. The van der Waals surface area contributed by atoms with Gasteiger partial charge in [0.15, 0.2) is 0 Å². The molecule has 0 aliphatic carbocycles. The van der Waals surface area contributed by atoms with Gasteiger partial charge in [0.1, 0.15) is 0 Å². The largest absolute Gasteiger partial charge is 0.261 e. The number of rotatable bonds is 2. The molecule has 1 aromatic carbocycles. The van der Waals surface area contributed by atoms with Gasteiger partial charge in [0.25, 0.3) is 0 Å². The number of hydrogen-bond acceptors (Lipinski definition) is 1. The van der Waals surface area contributed by atoms with Crippen molar-refractivity contribution < 1.29 is 0 Å². The first-order valence-corrected chi connectivity index (χ1v) is 4.05. The predicted molar refractivity (Wildman–Crippen MR) is 53.5 cm³/mol. The SMILES string of the molecule is C/C=C/N=C(C)c1ccccc1. The molecule has 1 rings (SSSR count). The normalized spacial score (nSPS) is 12.3. The van der Waals surface area contributed by atoms with Gasteiger partial charge in [0, 0.05) is 11.9 Å². The molecule has 0 atom stereocenters. The number of allylic oxidation sites excluding steroid dienone is 1. The van der Waals surface area contributed by atoms with Crippen molar-refractivity contribution in [1.82, 2.24) is 0 Å². The van der Waals surface area contributed by atoms with Gasteiger partial charge in [0.05, 0.1) is 0 Å².